The predicted molar refractivity (Wildman–Crippen MR) is 171 cm³/mol. The first-order chi connectivity index (χ1) is 22.0. The van der Waals surface area contributed by atoms with Crippen molar-refractivity contribution in [3.63, 3.8) is 0 Å². The number of hydrogen-bond acceptors (Lipinski definition) is 7. The van der Waals surface area contributed by atoms with Crippen molar-refractivity contribution in [1.29, 1.82) is 0 Å². The van der Waals surface area contributed by atoms with Gasteiger partial charge >= 0.3 is 0 Å². The van der Waals surface area contributed by atoms with Crippen LogP contribution in [0.5, 0.6) is 11.5 Å². The average molecular weight is 593 g/mol. The summed E-state index contributed by atoms with van der Waals surface area (Å²) in [5.41, 5.74) is 2.34. The molecule has 1 spiro atoms. The molecule has 4 aromatic carbocycles. The minimum absolute atomic E-state index is 0.210. The minimum Gasteiger partial charge on any atom is -0.493 e. The van der Waals surface area contributed by atoms with E-state index in [1.54, 1.807) is 55.8 Å². The van der Waals surface area contributed by atoms with Crippen molar-refractivity contribution in [2.24, 2.45) is 5.41 Å². The van der Waals surface area contributed by atoms with Crippen molar-refractivity contribution >= 4 is 40.0 Å². The summed E-state index contributed by atoms with van der Waals surface area (Å²) in [6.07, 6.45) is 5.59. The maximum atomic E-state index is 15.0. The third-order valence-electron chi connectivity index (χ3n) is 9.63. The quantitative estimate of drug-likeness (QED) is 0.169. The van der Waals surface area contributed by atoms with Crippen LogP contribution >= 0.6 is 0 Å². The van der Waals surface area contributed by atoms with Crippen molar-refractivity contribution in [3.8, 4) is 11.5 Å². The van der Waals surface area contributed by atoms with Gasteiger partial charge in [0.05, 0.1) is 31.5 Å². The summed E-state index contributed by atoms with van der Waals surface area (Å²) < 4.78 is 11.6. The highest BCUT2D eigenvalue weighted by Crippen LogP contribution is 2.63. The lowest BCUT2D eigenvalue weighted by atomic mass is 9.64. The number of aromatic nitrogens is 1. The van der Waals surface area contributed by atoms with E-state index in [1.165, 1.54) is 7.11 Å². The number of ether oxygens (including phenoxy) is 2. The number of benzene rings is 4. The van der Waals surface area contributed by atoms with Crippen LogP contribution in [0.25, 0.3) is 17.0 Å². The SMILES string of the molecule is COc1cccc([C@H]2[C@H](C(=O)c3ccccc3)N3c4c(ccc5cccnc45)C=C[C@@H]3C23C(=O)c2ccccc2C3=O)c1OC. The zero-order chi connectivity index (χ0) is 30.9. The van der Waals surface area contributed by atoms with Gasteiger partial charge in [0.25, 0.3) is 0 Å². The molecule has 0 saturated carbocycles. The van der Waals surface area contributed by atoms with Crippen molar-refractivity contribution in [2.75, 3.05) is 19.1 Å². The lowest BCUT2D eigenvalue weighted by Crippen LogP contribution is -2.48. The Morgan fingerprint density at radius 1 is 0.800 bits per heavy atom. The van der Waals surface area contributed by atoms with E-state index in [0.29, 0.717) is 39.3 Å². The molecule has 220 valence electrons. The van der Waals surface area contributed by atoms with Gasteiger partial charge in [0.2, 0.25) is 0 Å². The molecule has 1 fully saturated rings. The maximum absolute atomic E-state index is 15.0. The number of para-hydroxylation sites is 1. The Hall–Kier alpha value is -5.56. The first-order valence-electron chi connectivity index (χ1n) is 14.9. The van der Waals surface area contributed by atoms with Gasteiger partial charge < -0.3 is 14.4 Å². The normalized spacial score (nSPS) is 20.7. The van der Waals surface area contributed by atoms with E-state index < -0.39 is 23.4 Å². The van der Waals surface area contributed by atoms with Crippen molar-refractivity contribution in [1.82, 2.24) is 4.98 Å². The van der Waals surface area contributed by atoms with Gasteiger partial charge in [-0.2, -0.15) is 0 Å². The third-order valence-corrected chi connectivity index (χ3v) is 9.63. The highest BCUT2D eigenvalue weighted by molar-refractivity contribution is 6.32. The number of hydrogen-bond donors (Lipinski definition) is 0. The lowest BCUT2D eigenvalue weighted by Gasteiger charge is -2.37. The van der Waals surface area contributed by atoms with E-state index in [9.17, 15) is 0 Å². The fourth-order valence-electron chi connectivity index (χ4n) is 7.86. The summed E-state index contributed by atoms with van der Waals surface area (Å²) in [4.78, 5) is 51.8. The van der Waals surface area contributed by atoms with Gasteiger partial charge in [0.15, 0.2) is 28.8 Å². The number of pyridine rings is 1. The number of fused-ring (bicyclic) bond motifs is 7. The van der Waals surface area contributed by atoms with Crippen LogP contribution in [0.1, 0.15) is 48.1 Å². The molecule has 1 saturated heterocycles. The second kappa shape index (κ2) is 9.99. The van der Waals surface area contributed by atoms with E-state index >= 15 is 14.4 Å². The fraction of sp³-hybridized carbons (Fsp3) is 0.158. The Labute approximate surface area is 259 Å². The van der Waals surface area contributed by atoms with Crippen LogP contribution in [0.3, 0.4) is 0 Å². The van der Waals surface area contributed by atoms with Gasteiger partial charge in [0.1, 0.15) is 11.5 Å². The standard InChI is InChI=1S/C38H28N2O5/c1-44-28-16-8-15-27(35(28)45-2)30-33(34(41)24-10-4-3-5-11-24)40-29(38(30)36(42)25-13-6-7-14-26(25)37(38)43)20-19-23-18-17-22-12-9-21-39-31(22)32(23)40/h3-21,29-30,33H,1-2H3/t29-,30+,33-/m1/s1. The van der Waals surface area contributed by atoms with Gasteiger partial charge in [0, 0.05) is 39.8 Å². The zero-order valence-electron chi connectivity index (χ0n) is 24.6. The van der Waals surface area contributed by atoms with Crippen LogP contribution in [0.2, 0.25) is 0 Å². The highest BCUT2D eigenvalue weighted by atomic mass is 16.5. The number of carbonyl (C=O) groups is 3. The van der Waals surface area contributed by atoms with Crippen LogP contribution in [0.4, 0.5) is 5.69 Å². The molecule has 3 atom stereocenters. The van der Waals surface area contributed by atoms with E-state index in [4.69, 9.17) is 14.5 Å². The van der Waals surface area contributed by atoms with E-state index in [1.807, 2.05) is 71.6 Å². The summed E-state index contributed by atoms with van der Waals surface area (Å²) >= 11 is 0. The monoisotopic (exact) mass is 592 g/mol. The van der Waals surface area contributed by atoms with Crippen LogP contribution in [-0.4, -0.2) is 48.6 Å². The zero-order valence-corrected chi connectivity index (χ0v) is 24.6. The van der Waals surface area contributed by atoms with Crippen LogP contribution in [0, 0.1) is 5.41 Å². The van der Waals surface area contributed by atoms with Gasteiger partial charge in [-0.3, -0.25) is 19.4 Å². The van der Waals surface area contributed by atoms with Crippen molar-refractivity contribution in [3.05, 3.63) is 137 Å². The van der Waals surface area contributed by atoms with E-state index in [0.717, 1.165) is 16.6 Å². The summed E-state index contributed by atoms with van der Waals surface area (Å²) in [6.45, 7) is 0. The average Bonchev–Trinajstić information content (AvgIpc) is 3.53. The Morgan fingerprint density at radius 2 is 1.53 bits per heavy atom. The molecule has 0 bridgehead atoms. The first kappa shape index (κ1) is 27.0. The predicted octanol–water partition coefficient (Wildman–Crippen LogP) is 6.57. The lowest BCUT2D eigenvalue weighted by molar-refractivity contribution is 0.0664. The molecular weight excluding hydrogens is 564 g/mol. The number of anilines is 1. The van der Waals surface area contributed by atoms with Gasteiger partial charge in [-0.1, -0.05) is 97.1 Å². The molecule has 0 amide bonds. The summed E-state index contributed by atoms with van der Waals surface area (Å²) in [6, 6.07) is 27.5. The van der Waals surface area contributed by atoms with Gasteiger partial charge in [-0.25, -0.2) is 0 Å². The molecule has 8 rings (SSSR count). The largest absolute Gasteiger partial charge is 0.493 e. The topological polar surface area (TPSA) is 85.8 Å². The highest BCUT2D eigenvalue weighted by Gasteiger charge is 2.72. The molecular formula is C38H28N2O5. The molecule has 0 N–H and O–H groups in total. The Balaban J connectivity index is 1.51. The first-order valence-corrected chi connectivity index (χ1v) is 14.9. The molecule has 3 heterocycles. The Bertz CT molecular complexity index is 2050. The smallest absolute Gasteiger partial charge is 0.185 e. The number of Topliss-reactive ketones (excluding diaryl/α,β-unsaturated/α-hetero) is 3. The Morgan fingerprint density at radius 3 is 2.24 bits per heavy atom. The second-order valence-corrected chi connectivity index (χ2v) is 11.6. The molecule has 1 aromatic heterocycles. The molecule has 1 aliphatic carbocycles. The molecule has 7 nitrogen and oxygen atoms in total. The molecule has 0 unspecified atom stereocenters. The van der Waals surface area contributed by atoms with E-state index in [2.05, 4.69) is 0 Å². The molecule has 0 radical (unpaired) electrons. The summed E-state index contributed by atoms with van der Waals surface area (Å²) in [5.74, 6) is -0.943. The number of methoxy groups -OCH3 is 2. The summed E-state index contributed by atoms with van der Waals surface area (Å²) in [5, 5.41) is 0.889. The minimum atomic E-state index is -1.68. The number of rotatable bonds is 5. The number of nitrogens with zero attached hydrogens (tertiary/aromatic N) is 2. The summed E-state index contributed by atoms with van der Waals surface area (Å²) in [7, 11) is 3.07. The van der Waals surface area contributed by atoms with Crippen molar-refractivity contribution < 1.29 is 23.9 Å². The fourth-order valence-corrected chi connectivity index (χ4v) is 7.86. The van der Waals surface area contributed by atoms with Crippen LogP contribution in [0.15, 0.2) is 109 Å². The Kier molecular flexibility index (Phi) is 6.00. The molecule has 3 aliphatic rings. The van der Waals surface area contributed by atoms with Crippen LogP contribution < -0.4 is 14.4 Å². The molecule has 2 aliphatic heterocycles. The van der Waals surface area contributed by atoms with Crippen molar-refractivity contribution in [2.45, 2.75) is 18.0 Å². The molecule has 5 aromatic rings. The number of ketones is 3. The van der Waals surface area contributed by atoms with E-state index in [-0.39, 0.29) is 17.3 Å². The third kappa shape index (κ3) is 3.52. The molecule has 7 heteroatoms. The number of carbonyl (C=O) groups excluding carboxylic acids is 3. The van der Waals surface area contributed by atoms with Gasteiger partial charge in [-0.05, 0) is 17.7 Å². The molecule has 45 heavy (non-hydrogen) atoms. The van der Waals surface area contributed by atoms with Crippen LogP contribution in [-0.2, 0) is 0 Å². The van der Waals surface area contributed by atoms with Gasteiger partial charge in [-0.15, -0.1) is 0 Å². The second-order valence-electron chi connectivity index (χ2n) is 11.6. The maximum Gasteiger partial charge on any atom is 0.185 e.